The zero-order valence-corrected chi connectivity index (χ0v) is 9.42. The van der Waals surface area contributed by atoms with Gasteiger partial charge in [-0.3, -0.25) is 9.78 Å². The van der Waals surface area contributed by atoms with E-state index in [1.807, 2.05) is 6.07 Å². The largest absolute Gasteiger partial charge is 0.397 e. The molecular formula is C13H10N4O. The van der Waals surface area contributed by atoms with E-state index in [4.69, 9.17) is 11.0 Å². The lowest BCUT2D eigenvalue weighted by Crippen LogP contribution is -2.14. The van der Waals surface area contributed by atoms with E-state index in [2.05, 4.69) is 10.3 Å². The summed E-state index contributed by atoms with van der Waals surface area (Å²) in [5, 5.41) is 11.4. The fraction of sp³-hybridized carbons (Fsp3) is 0. The molecule has 2 rings (SSSR count). The Balaban J connectivity index is 2.17. The first-order chi connectivity index (χ1) is 8.70. The van der Waals surface area contributed by atoms with Gasteiger partial charge in [0.1, 0.15) is 0 Å². The van der Waals surface area contributed by atoms with Gasteiger partial charge >= 0.3 is 0 Å². The van der Waals surface area contributed by atoms with Crippen molar-refractivity contribution in [1.29, 1.82) is 5.26 Å². The summed E-state index contributed by atoms with van der Waals surface area (Å²) < 4.78 is 0. The van der Waals surface area contributed by atoms with E-state index < -0.39 is 0 Å². The molecule has 0 aliphatic carbocycles. The van der Waals surface area contributed by atoms with E-state index in [0.29, 0.717) is 22.5 Å². The molecule has 3 N–H and O–H groups in total. The molecule has 1 aromatic carbocycles. The van der Waals surface area contributed by atoms with Crippen molar-refractivity contribution in [3.8, 4) is 6.07 Å². The van der Waals surface area contributed by atoms with Gasteiger partial charge in [-0.25, -0.2) is 0 Å². The minimum absolute atomic E-state index is 0.306. The van der Waals surface area contributed by atoms with Crippen molar-refractivity contribution in [2.45, 2.75) is 0 Å². The predicted molar refractivity (Wildman–Crippen MR) is 67.8 cm³/mol. The van der Waals surface area contributed by atoms with Gasteiger partial charge in [-0.2, -0.15) is 5.26 Å². The number of nitrogens with one attached hydrogen (secondary N) is 1. The molecule has 0 saturated heterocycles. The number of hydrogen-bond donors (Lipinski definition) is 2. The van der Waals surface area contributed by atoms with Crippen LogP contribution >= 0.6 is 0 Å². The van der Waals surface area contributed by atoms with E-state index in [9.17, 15) is 4.79 Å². The SMILES string of the molecule is N#Cc1ccc(NC(=O)c2ccncc2N)cc1. The number of carbonyl (C=O) groups excluding carboxylic acids is 1. The Morgan fingerprint density at radius 3 is 2.61 bits per heavy atom. The summed E-state index contributed by atoms with van der Waals surface area (Å²) in [6, 6.07) is 10.1. The zero-order chi connectivity index (χ0) is 13.0. The normalized spacial score (nSPS) is 9.50. The molecule has 0 spiro atoms. The number of nitriles is 1. The lowest BCUT2D eigenvalue weighted by Gasteiger charge is -2.06. The van der Waals surface area contributed by atoms with Crippen molar-refractivity contribution < 1.29 is 4.79 Å². The Hall–Kier alpha value is -2.87. The van der Waals surface area contributed by atoms with Gasteiger partial charge in [0.15, 0.2) is 0 Å². The highest BCUT2D eigenvalue weighted by atomic mass is 16.1. The van der Waals surface area contributed by atoms with E-state index in [0.717, 1.165) is 0 Å². The van der Waals surface area contributed by atoms with Crippen molar-refractivity contribution >= 4 is 17.3 Å². The van der Waals surface area contributed by atoms with Crippen LogP contribution in [0.2, 0.25) is 0 Å². The molecule has 0 fully saturated rings. The summed E-state index contributed by atoms with van der Waals surface area (Å²) in [6.07, 6.45) is 2.93. The molecule has 0 aliphatic rings. The van der Waals surface area contributed by atoms with Crippen molar-refractivity contribution in [1.82, 2.24) is 4.98 Å². The Morgan fingerprint density at radius 2 is 2.00 bits per heavy atom. The van der Waals surface area contributed by atoms with Crippen molar-refractivity contribution in [3.05, 3.63) is 53.9 Å². The first kappa shape index (κ1) is 11.6. The smallest absolute Gasteiger partial charge is 0.257 e. The van der Waals surface area contributed by atoms with Gasteiger partial charge in [0, 0.05) is 11.9 Å². The Kier molecular flexibility index (Phi) is 3.21. The van der Waals surface area contributed by atoms with Crippen LogP contribution < -0.4 is 11.1 Å². The summed E-state index contributed by atoms with van der Waals surface area (Å²) in [6.45, 7) is 0. The van der Waals surface area contributed by atoms with Gasteiger partial charge in [-0.15, -0.1) is 0 Å². The highest BCUT2D eigenvalue weighted by Crippen LogP contribution is 2.13. The number of nitrogen functional groups attached to an aromatic ring is 1. The molecule has 5 heteroatoms. The van der Waals surface area contributed by atoms with Gasteiger partial charge < -0.3 is 11.1 Å². The molecule has 1 amide bonds. The highest BCUT2D eigenvalue weighted by molar-refractivity contribution is 6.07. The predicted octanol–water partition coefficient (Wildman–Crippen LogP) is 1.79. The maximum atomic E-state index is 11.9. The zero-order valence-electron chi connectivity index (χ0n) is 9.42. The Morgan fingerprint density at radius 1 is 1.28 bits per heavy atom. The summed E-state index contributed by atoms with van der Waals surface area (Å²) in [7, 11) is 0. The monoisotopic (exact) mass is 238 g/mol. The third-order valence-corrected chi connectivity index (χ3v) is 2.37. The van der Waals surface area contributed by atoms with Crippen molar-refractivity contribution in [2.24, 2.45) is 0 Å². The van der Waals surface area contributed by atoms with Crippen LogP contribution in [0.15, 0.2) is 42.7 Å². The van der Waals surface area contributed by atoms with Gasteiger partial charge in [0.2, 0.25) is 0 Å². The number of anilines is 2. The van der Waals surface area contributed by atoms with Crippen molar-refractivity contribution in [3.63, 3.8) is 0 Å². The second kappa shape index (κ2) is 4.97. The van der Waals surface area contributed by atoms with Crippen LogP contribution in [0.4, 0.5) is 11.4 Å². The lowest BCUT2D eigenvalue weighted by atomic mass is 10.2. The molecule has 2 aromatic rings. The summed E-state index contributed by atoms with van der Waals surface area (Å²) in [5.74, 6) is -0.306. The molecule has 1 aromatic heterocycles. The third-order valence-electron chi connectivity index (χ3n) is 2.37. The number of hydrogen-bond acceptors (Lipinski definition) is 4. The second-order valence-corrected chi connectivity index (χ2v) is 3.61. The van der Waals surface area contributed by atoms with Gasteiger partial charge in [-0.05, 0) is 30.3 Å². The quantitative estimate of drug-likeness (QED) is 0.834. The molecule has 88 valence electrons. The van der Waals surface area contributed by atoms with E-state index in [1.165, 1.54) is 12.4 Å². The van der Waals surface area contributed by atoms with Crippen LogP contribution in [0.3, 0.4) is 0 Å². The number of rotatable bonds is 2. The average Bonchev–Trinajstić information content (AvgIpc) is 2.40. The molecule has 1 heterocycles. The minimum Gasteiger partial charge on any atom is -0.397 e. The van der Waals surface area contributed by atoms with Gasteiger partial charge in [-0.1, -0.05) is 0 Å². The van der Waals surface area contributed by atoms with Gasteiger partial charge in [0.05, 0.1) is 29.1 Å². The summed E-state index contributed by atoms with van der Waals surface area (Å²) in [4.78, 5) is 15.7. The average molecular weight is 238 g/mol. The number of nitrogens with zero attached hydrogens (tertiary/aromatic N) is 2. The minimum atomic E-state index is -0.306. The second-order valence-electron chi connectivity index (χ2n) is 3.61. The maximum absolute atomic E-state index is 11.9. The molecule has 0 radical (unpaired) electrons. The van der Waals surface area contributed by atoms with Crippen LogP contribution in [0, 0.1) is 11.3 Å². The van der Waals surface area contributed by atoms with E-state index in [-0.39, 0.29) is 5.91 Å². The van der Waals surface area contributed by atoms with E-state index in [1.54, 1.807) is 30.3 Å². The number of carbonyl (C=O) groups is 1. The van der Waals surface area contributed by atoms with Crippen LogP contribution in [-0.4, -0.2) is 10.9 Å². The van der Waals surface area contributed by atoms with Gasteiger partial charge in [0.25, 0.3) is 5.91 Å². The Bertz CT molecular complexity index is 614. The number of nitrogens with two attached hydrogens (primary N) is 1. The van der Waals surface area contributed by atoms with Crippen LogP contribution in [-0.2, 0) is 0 Å². The molecule has 5 nitrogen and oxygen atoms in total. The molecule has 0 aliphatic heterocycles. The van der Waals surface area contributed by atoms with Crippen molar-refractivity contribution in [2.75, 3.05) is 11.1 Å². The molecular weight excluding hydrogens is 228 g/mol. The van der Waals surface area contributed by atoms with Crippen LogP contribution in [0.1, 0.15) is 15.9 Å². The topological polar surface area (TPSA) is 91.8 Å². The van der Waals surface area contributed by atoms with E-state index >= 15 is 0 Å². The molecule has 0 unspecified atom stereocenters. The van der Waals surface area contributed by atoms with Crippen LogP contribution in [0.5, 0.6) is 0 Å². The number of benzene rings is 1. The lowest BCUT2D eigenvalue weighted by molar-refractivity contribution is 0.102. The molecule has 0 atom stereocenters. The highest BCUT2D eigenvalue weighted by Gasteiger charge is 2.09. The first-order valence-corrected chi connectivity index (χ1v) is 5.21. The number of amides is 1. The molecule has 0 saturated carbocycles. The summed E-state index contributed by atoms with van der Waals surface area (Å²) >= 11 is 0. The fourth-order valence-electron chi connectivity index (χ4n) is 1.44. The third kappa shape index (κ3) is 2.44. The summed E-state index contributed by atoms with van der Waals surface area (Å²) in [5.41, 5.74) is 7.49. The number of aromatic nitrogens is 1. The number of pyridine rings is 1. The Labute approximate surface area is 104 Å². The van der Waals surface area contributed by atoms with Crippen LogP contribution in [0.25, 0.3) is 0 Å². The molecule has 0 bridgehead atoms. The maximum Gasteiger partial charge on any atom is 0.257 e. The first-order valence-electron chi connectivity index (χ1n) is 5.21. The molecule has 18 heavy (non-hydrogen) atoms. The standard InChI is InChI=1S/C13H10N4O/c14-7-9-1-3-10(4-2-9)17-13(18)11-5-6-16-8-12(11)15/h1-6,8H,15H2,(H,17,18). The fourth-order valence-corrected chi connectivity index (χ4v) is 1.44.